The van der Waals surface area contributed by atoms with Gasteiger partial charge in [0.25, 0.3) is 11.8 Å². The Labute approximate surface area is 314 Å². The molecule has 0 bridgehead atoms. The van der Waals surface area contributed by atoms with Gasteiger partial charge in [-0.3, -0.25) is 39.0 Å². The Hall–Kier alpha value is -6.48. The molecule has 3 heterocycles. The van der Waals surface area contributed by atoms with Crippen LogP contribution in [0.4, 0.5) is 27.5 Å². The van der Waals surface area contributed by atoms with Crippen molar-refractivity contribution >= 4 is 86.7 Å². The lowest BCUT2D eigenvalue weighted by Crippen LogP contribution is -2.54. The largest absolute Gasteiger partial charge is 0.384 e. The molecule has 2 aliphatic heterocycles. The van der Waals surface area contributed by atoms with Crippen LogP contribution < -0.4 is 31.9 Å². The van der Waals surface area contributed by atoms with Gasteiger partial charge in [0.15, 0.2) is 0 Å². The van der Waals surface area contributed by atoms with Crippen molar-refractivity contribution in [2.75, 3.05) is 34.4 Å². The SMILES string of the molecule is O=C(/C=C/C(=O)Nc1ccc(NC(=O)Nc2c[nH]c3ccc(Cl)cc23)cc1)NCCCCCCNc1cccc2c1C(=O)N(C1CCC(=O)NC1=O)C2=O. The maximum absolute atomic E-state index is 13.2. The molecule has 278 valence electrons. The minimum atomic E-state index is -1.02. The van der Waals surface area contributed by atoms with E-state index in [1.807, 2.05) is 6.07 Å². The van der Waals surface area contributed by atoms with E-state index in [1.165, 1.54) is 0 Å². The lowest BCUT2D eigenvalue weighted by molar-refractivity contribution is -0.136. The van der Waals surface area contributed by atoms with Crippen LogP contribution >= 0.6 is 11.6 Å². The summed E-state index contributed by atoms with van der Waals surface area (Å²) in [6.45, 7) is 0.963. The van der Waals surface area contributed by atoms with Crippen LogP contribution in [0.25, 0.3) is 10.9 Å². The minimum Gasteiger partial charge on any atom is -0.384 e. The van der Waals surface area contributed by atoms with Crippen LogP contribution in [0.3, 0.4) is 0 Å². The normalized spacial score (nSPS) is 15.3. The fourth-order valence-corrected chi connectivity index (χ4v) is 6.38. The molecule has 8 amide bonds. The van der Waals surface area contributed by atoms with Gasteiger partial charge >= 0.3 is 6.03 Å². The number of urea groups is 1. The Morgan fingerprint density at radius 2 is 1.52 bits per heavy atom. The highest BCUT2D eigenvalue weighted by Gasteiger charge is 2.45. The van der Waals surface area contributed by atoms with Crippen molar-refractivity contribution in [2.45, 2.75) is 44.6 Å². The van der Waals surface area contributed by atoms with Gasteiger partial charge in [-0.2, -0.15) is 0 Å². The number of hydrogen-bond acceptors (Lipinski definition) is 8. The number of anilines is 4. The molecule has 1 fully saturated rings. The predicted octanol–water partition coefficient (Wildman–Crippen LogP) is 5.15. The quantitative estimate of drug-likeness (QED) is 0.0519. The zero-order valence-corrected chi connectivity index (χ0v) is 29.7. The Balaban J connectivity index is 0.848. The number of H-pyrrole nitrogens is 1. The number of aromatic amines is 1. The average Bonchev–Trinajstić information content (AvgIpc) is 3.65. The van der Waals surface area contributed by atoms with E-state index >= 15 is 0 Å². The van der Waals surface area contributed by atoms with Crippen molar-refractivity contribution in [1.82, 2.24) is 20.5 Å². The molecule has 6 rings (SSSR count). The fraction of sp³-hybridized carbons (Fsp3) is 0.237. The van der Waals surface area contributed by atoms with Crippen molar-refractivity contribution in [3.8, 4) is 0 Å². The number of carbonyl (C=O) groups is 7. The van der Waals surface area contributed by atoms with Crippen LogP contribution in [-0.4, -0.2) is 70.5 Å². The van der Waals surface area contributed by atoms with Gasteiger partial charge in [0.1, 0.15) is 6.04 Å². The summed E-state index contributed by atoms with van der Waals surface area (Å²) >= 11 is 6.07. The monoisotopic (exact) mass is 752 g/mol. The third-order valence-corrected chi connectivity index (χ3v) is 9.11. The third-order valence-electron chi connectivity index (χ3n) is 8.87. The molecule has 15 nitrogen and oxygen atoms in total. The molecule has 1 unspecified atom stereocenters. The summed E-state index contributed by atoms with van der Waals surface area (Å²) < 4.78 is 0. The molecular formula is C38H37ClN8O7. The number of aromatic nitrogens is 1. The van der Waals surface area contributed by atoms with E-state index in [9.17, 15) is 33.6 Å². The molecule has 54 heavy (non-hydrogen) atoms. The number of unbranched alkanes of at least 4 members (excludes halogenated alkanes) is 3. The van der Waals surface area contributed by atoms with Gasteiger partial charge in [0.2, 0.25) is 23.6 Å². The van der Waals surface area contributed by atoms with E-state index in [4.69, 9.17) is 11.6 Å². The van der Waals surface area contributed by atoms with Crippen molar-refractivity contribution in [3.63, 3.8) is 0 Å². The number of nitrogens with zero attached hydrogens (tertiary/aromatic N) is 1. The van der Waals surface area contributed by atoms with Crippen LogP contribution in [-0.2, 0) is 19.2 Å². The molecule has 0 spiro atoms. The van der Waals surface area contributed by atoms with E-state index in [1.54, 1.807) is 60.8 Å². The summed E-state index contributed by atoms with van der Waals surface area (Å²) in [6.07, 6.45) is 7.25. The molecule has 1 saturated heterocycles. The highest BCUT2D eigenvalue weighted by molar-refractivity contribution is 6.31. The van der Waals surface area contributed by atoms with E-state index < -0.39 is 47.5 Å². The smallest absolute Gasteiger partial charge is 0.323 e. The number of nitrogens with one attached hydrogen (secondary N) is 7. The molecule has 7 N–H and O–H groups in total. The van der Waals surface area contributed by atoms with Gasteiger partial charge in [-0.05, 0) is 73.9 Å². The van der Waals surface area contributed by atoms with E-state index in [0.29, 0.717) is 40.9 Å². The number of piperidine rings is 1. The fourth-order valence-electron chi connectivity index (χ4n) is 6.21. The van der Waals surface area contributed by atoms with Crippen LogP contribution in [0.5, 0.6) is 0 Å². The minimum absolute atomic E-state index is 0.0539. The summed E-state index contributed by atoms with van der Waals surface area (Å²) in [7, 11) is 0. The second-order valence-electron chi connectivity index (χ2n) is 12.7. The number of amides is 8. The first-order valence-electron chi connectivity index (χ1n) is 17.4. The zero-order valence-electron chi connectivity index (χ0n) is 28.9. The van der Waals surface area contributed by atoms with E-state index in [2.05, 4.69) is 36.9 Å². The van der Waals surface area contributed by atoms with Crippen LogP contribution in [0.15, 0.2) is 79.0 Å². The Morgan fingerprint density at radius 1 is 0.796 bits per heavy atom. The van der Waals surface area contributed by atoms with Gasteiger partial charge < -0.3 is 31.6 Å². The van der Waals surface area contributed by atoms with E-state index in [0.717, 1.165) is 53.6 Å². The van der Waals surface area contributed by atoms with Gasteiger partial charge in [0, 0.05) is 70.8 Å². The maximum atomic E-state index is 13.2. The van der Waals surface area contributed by atoms with Crippen LogP contribution in [0.2, 0.25) is 5.02 Å². The number of benzene rings is 3. The maximum Gasteiger partial charge on any atom is 0.323 e. The highest BCUT2D eigenvalue weighted by atomic mass is 35.5. The molecule has 16 heteroatoms. The Bertz CT molecular complexity index is 2160. The molecule has 4 aromatic rings. The molecule has 0 saturated carbocycles. The first-order valence-corrected chi connectivity index (χ1v) is 17.8. The first kappa shape index (κ1) is 37.3. The summed E-state index contributed by atoms with van der Waals surface area (Å²) in [6, 6.07) is 15.3. The molecule has 0 radical (unpaired) electrons. The van der Waals surface area contributed by atoms with Gasteiger partial charge in [0.05, 0.1) is 16.8 Å². The highest BCUT2D eigenvalue weighted by Crippen LogP contribution is 2.32. The number of halogens is 1. The second kappa shape index (κ2) is 16.9. The average molecular weight is 753 g/mol. The molecular weight excluding hydrogens is 716 g/mol. The van der Waals surface area contributed by atoms with Gasteiger partial charge in [-0.15, -0.1) is 0 Å². The zero-order chi connectivity index (χ0) is 38.2. The predicted molar refractivity (Wildman–Crippen MR) is 203 cm³/mol. The molecule has 3 aromatic carbocycles. The van der Waals surface area contributed by atoms with Crippen molar-refractivity contribution in [2.24, 2.45) is 0 Å². The Morgan fingerprint density at radius 3 is 2.28 bits per heavy atom. The molecule has 1 atom stereocenters. The van der Waals surface area contributed by atoms with Gasteiger partial charge in [-0.25, -0.2) is 4.79 Å². The van der Waals surface area contributed by atoms with Crippen LogP contribution in [0, 0.1) is 0 Å². The number of carbonyl (C=O) groups excluding carboxylic acids is 7. The molecule has 2 aliphatic rings. The summed E-state index contributed by atoms with van der Waals surface area (Å²) in [5, 5.41) is 17.7. The van der Waals surface area contributed by atoms with Gasteiger partial charge in [-0.1, -0.05) is 30.5 Å². The standard InChI is InChI=1S/C38H37ClN8O7/c39-22-8-13-27-26(20-22)29(21-42-27)45-38(54)44-24-11-9-23(10-12-24)43-32(49)17-16-31(48)41-19-4-2-1-3-18-40-28-7-5-6-25-34(28)37(53)47(36(25)52)30-14-15-33(50)46-35(30)51/h5-13,16-17,20-21,30,40,42H,1-4,14-15,18-19H2,(H,41,48)(H,43,49)(H2,44,45,54)(H,46,50,51)/b17-16+. The van der Waals surface area contributed by atoms with Crippen molar-refractivity contribution in [3.05, 3.63) is 95.2 Å². The lowest BCUT2D eigenvalue weighted by atomic mass is 10.0. The summed E-state index contributed by atoms with van der Waals surface area (Å²) in [5.41, 5.74) is 3.33. The summed E-state index contributed by atoms with van der Waals surface area (Å²) in [5.74, 6) is -3.09. The number of imide groups is 2. The van der Waals surface area contributed by atoms with Crippen LogP contribution in [0.1, 0.15) is 59.2 Å². The number of fused-ring (bicyclic) bond motifs is 2. The third kappa shape index (κ3) is 8.93. The number of hydrogen-bond donors (Lipinski definition) is 7. The lowest BCUT2D eigenvalue weighted by Gasteiger charge is -2.27. The topological polar surface area (TPSA) is 211 Å². The van der Waals surface area contributed by atoms with Crippen molar-refractivity contribution < 1.29 is 33.6 Å². The van der Waals surface area contributed by atoms with E-state index in [-0.39, 0.29) is 24.0 Å². The Kier molecular flexibility index (Phi) is 11.7. The number of rotatable bonds is 14. The van der Waals surface area contributed by atoms with Crippen molar-refractivity contribution in [1.29, 1.82) is 0 Å². The first-order chi connectivity index (χ1) is 26.1. The summed E-state index contributed by atoms with van der Waals surface area (Å²) in [4.78, 5) is 91.2. The second-order valence-corrected chi connectivity index (χ2v) is 13.1. The molecule has 1 aromatic heterocycles. The molecule has 0 aliphatic carbocycles.